The molecule has 0 saturated carbocycles. The van der Waals surface area contributed by atoms with Gasteiger partial charge in [0.25, 0.3) is 23.4 Å². The van der Waals surface area contributed by atoms with E-state index in [1.54, 1.807) is 24.3 Å². The molecule has 8 heteroatoms. The van der Waals surface area contributed by atoms with Crippen LogP contribution in [0.25, 0.3) is 0 Å². The number of nitro groups is 1. The van der Waals surface area contributed by atoms with Crippen LogP contribution in [0, 0.1) is 27.9 Å². The van der Waals surface area contributed by atoms with Crippen molar-refractivity contribution in [3.63, 3.8) is 0 Å². The summed E-state index contributed by atoms with van der Waals surface area (Å²) < 4.78 is 0. The van der Waals surface area contributed by atoms with Gasteiger partial charge in [0.2, 0.25) is 0 Å². The first-order chi connectivity index (χ1) is 14.9. The summed E-state index contributed by atoms with van der Waals surface area (Å²) in [6, 6.07) is 14.3. The number of hydrogen-bond donors (Lipinski definition) is 0. The van der Waals surface area contributed by atoms with Crippen LogP contribution in [0.4, 0.5) is 5.69 Å². The van der Waals surface area contributed by atoms with Crippen LogP contribution in [0.5, 0.6) is 0 Å². The number of non-ortho nitro benzene ring substituents is 1. The van der Waals surface area contributed by atoms with Crippen molar-refractivity contribution in [3.05, 3.63) is 88.0 Å². The normalized spacial score (nSPS) is 22.4. The van der Waals surface area contributed by atoms with Gasteiger partial charge in [0.15, 0.2) is 0 Å². The van der Waals surface area contributed by atoms with E-state index < -0.39 is 34.5 Å². The summed E-state index contributed by atoms with van der Waals surface area (Å²) in [4.78, 5) is 50.5. The van der Waals surface area contributed by atoms with E-state index in [-0.39, 0.29) is 23.7 Å². The van der Waals surface area contributed by atoms with E-state index in [1.165, 1.54) is 18.2 Å². The Morgan fingerprint density at radius 3 is 2.55 bits per heavy atom. The summed E-state index contributed by atoms with van der Waals surface area (Å²) in [6.07, 6.45) is 4.25. The number of amides is 3. The zero-order valence-corrected chi connectivity index (χ0v) is 16.9. The highest BCUT2D eigenvalue weighted by molar-refractivity contribution is 6.08. The minimum Gasteiger partial charge on any atom is -0.272 e. The van der Waals surface area contributed by atoms with Crippen LogP contribution >= 0.6 is 0 Å². The molecule has 0 N–H and O–H groups in total. The number of hydrazine groups is 1. The molecule has 0 unspecified atom stereocenters. The predicted octanol–water partition coefficient (Wildman–Crippen LogP) is 3.35. The van der Waals surface area contributed by atoms with Crippen molar-refractivity contribution in [2.75, 3.05) is 0 Å². The SMILES string of the molecule is C[C@@H]1C=CC[C@H]2C(=O)N(N(Cc3ccccc3)C(=O)c3cccc([N+](=O)[O-])c3)C(=O)[C@H]12. The molecule has 2 aliphatic rings. The van der Waals surface area contributed by atoms with Gasteiger partial charge in [0.1, 0.15) is 0 Å². The molecule has 2 aromatic rings. The van der Waals surface area contributed by atoms with Gasteiger partial charge in [-0.25, -0.2) is 5.01 Å². The first-order valence-electron chi connectivity index (χ1n) is 10.0. The maximum Gasteiger partial charge on any atom is 0.273 e. The highest BCUT2D eigenvalue weighted by Crippen LogP contribution is 2.39. The molecule has 0 spiro atoms. The second-order valence-electron chi connectivity index (χ2n) is 7.80. The van der Waals surface area contributed by atoms with Gasteiger partial charge in [-0.3, -0.25) is 24.5 Å². The van der Waals surface area contributed by atoms with Crippen molar-refractivity contribution in [3.8, 4) is 0 Å². The summed E-state index contributed by atoms with van der Waals surface area (Å²) in [6.45, 7) is 1.87. The molecule has 31 heavy (non-hydrogen) atoms. The first kappa shape index (κ1) is 20.5. The van der Waals surface area contributed by atoms with E-state index >= 15 is 0 Å². The number of fused-ring (bicyclic) bond motifs is 1. The molecule has 3 atom stereocenters. The molecule has 3 amide bonds. The highest BCUT2D eigenvalue weighted by Gasteiger charge is 2.53. The molecular weight excluding hydrogens is 398 g/mol. The molecule has 1 saturated heterocycles. The molecule has 0 aromatic heterocycles. The van der Waals surface area contributed by atoms with Crippen molar-refractivity contribution >= 4 is 23.4 Å². The van der Waals surface area contributed by atoms with Gasteiger partial charge >= 0.3 is 0 Å². The Morgan fingerprint density at radius 2 is 1.87 bits per heavy atom. The maximum atomic E-state index is 13.4. The summed E-state index contributed by atoms with van der Waals surface area (Å²) >= 11 is 0. The number of hydrogen-bond acceptors (Lipinski definition) is 5. The Morgan fingerprint density at radius 1 is 1.13 bits per heavy atom. The molecule has 0 radical (unpaired) electrons. The molecule has 158 valence electrons. The fraction of sp³-hybridized carbons (Fsp3) is 0.261. The fourth-order valence-corrected chi connectivity index (χ4v) is 4.26. The number of benzene rings is 2. The van der Waals surface area contributed by atoms with Crippen LogP contribution in [0.15, 0.2) is 66.7 Å². The topological polar surface area (TPSA) is 101 Å². The molecular formula is C23H21N3O5. The molecule has 4 rings (SSSR count). The largest absolute Gasteiger partial charge is 0.273 e. The van der Waals surface area contributed by atoms with E-state index in [0.717, 1.165) is 21.6 Å². The van der Waals surface area contributed by atoms with Crippen molar-refractivity contribution in [2.45, 2.75) is 19.9 Å². The lowest BCUT2D eigenvalue weighted by Crippen LogP contribution is -2.50. The van der Waals surface area contributed by atoms with Crippen molar-refractivity contribution in [1.82, 2.24) is 10.0 Å². The van der Waals surface area contributed by atoms with E-state index in [9.17, 15) is 24.5 Å². The quantitative estimate of drug-likeness (QED) is 0.320. The Labute approximate surface area is 178 Å². The molecule has 1 aliphatic carbocycles. The molecule has 1 fully saturated rings. The lowest BCUT2D eigenvalue weighted by Gasteiger charge is -2.30. The monoisotopic (exact) mass is 419 g/mol. The van der Waals surface area contributed by atoms with Crippen molar-refractivity contribution < 1.29 is 19.3 Å². The smallest absolute Gasteiger partial charge is 0.272 e. The average Bonchev–Trinajstić information content (AvgIpc) is 3.03. The Balaban J connectivity index is 1.74. The third-order valence-corrected chi connectivity index (χ3v) is 5.80. The van der Waals surface area contributed by atoms with Crippen LogP contribution in [-0.2, 0) is 16.1 Å². The van der Waals surface area contributed by atoms with Gasteiger partial charge in [-0.15, -0.1) is 0 Å². The number of rotatable bonds is 5. The van der Waals surface area contributed by atoms with Gasteiger partial charge in [-0.05, 0) is 24.0 Å². The number of carbonyl (C=O) groups excluding carboxylic acids is 3. The fourth-order valence-electron chi connectivity index (χ4n) is 4.26. The number of nitrogens with zero attached hydrogens (tertiary/aromatic N) is 3. The maximum absolute atomic E-state index is 13.4. The highest BCUT2D eigenvalue weighted by atomic mass is 16.6. The summed E-state index contributed by atoms with van der Waals surface area (Å²) in [7, 11) is 0. The summed E-state index contributed by atoms with van der Waals surface area (Å²) in [5.74, 6) is -2.62. The van der Waals surface area contributed by atoms with Crippen molar-refractivity contribution in [1.29, 1.82) is 0 Å². The Hall–Kier alpha value is -3.81. The van der Waals surface area contributed by atoms with Crippen LogP contribution in [0.2, 0.25) is 0 Å². The van der Waals surface area contributed by atoms with Crippen LogP contribution < -0.4 is 0 Å². The van der Waals surface area contributed by atoms with Gasteiger partial charge < -0.3 is 0 Å². The van der Waals surface area contributed by atoms with E-state index in [1.807, 2.05) is 25.1 Å². The first-order valence-corrected chi connectivity index (χ1v) is 10.0. The Bertz CT molecular complexity index is 1080. The molecule has 1 aliphatic heterocycles. The van der Waals surface area contributed by atoms with Gasteiger partial charge in [0.05, 0.1) is 23.3 Å². The van der Waals surface area contributed by atoms with E-state index in [2.05, 4.69) is 0 Å². The predicted molar refractivity (Wildman–Crippen MR) is 111 cm³/mol. The molecule has 0 bridgehead atoms. The third kappa shape index (κ3) is 3.72. The van der Waals surface area contributed by atoms with E-state index in [4.69, 9.17) is 0 Å². The van der Waals surface area contributed by atoms with Gasteiger partial charge in [-0.1, -0.05) is 55.5 Å². The second kappa shape index (κ2) is 8.14. The molecule has 1 heterocycles. The van der Waals surface area contributed by atoms with Crippen LogP contribution in [0.1, 0.15) is 29.3 Å². The van der Waals surface area contributed by atoms with Crippen molar-refractivity contribution in [2.24, 2.45) is 17.8 Å². The summed E-state index contributed by atoms with van der Waals surface area (Å²) in [5, 5.41) is 13.2. The summed E-state index contributed by atoms with van der Waals surface area (Å²) in [5.41, 5.74) is 0.519. The zero-order valence-electron chi connectivity index (χ0n) is 16.9. The van der Waals surface area contributed by atoms with Crippen LogP contribution in [-0.4, -0.2) is 32.7 Å². The molecule has 2 aromatic carbocycles. The minimum absolute atomic E-state index is 0.0128. The second-order valence-corrected chi connectivity index (χ2v) is 7.80. The average molecular weight is 419 g/mol. The van der Waals surface area contributed by atoms with Crippen LogP contribution in [0.3, 0.4) is 0 Å². The van der Waals surface area contributed by atoms with Gasteiger partial charge in [-0.2, -0.15) is 5.01 Å². The lowest BCUT2D eigenvalue weighted by atomic mass is 9.78. The standard InChI is InChI=1S/C23H21N3O5/c1-15-7-5-12-19-20(15)23(29)25(22(19)28)24(14-16-8-3-2-4-9-16)21(27)17-10-6-11-18(13-17)26(30)31/h2-11,13,15,19-20H,12,14H2,1H3/t15-,19-,20-/m1/s1. The lowest BCUT2D eigenvalue weighted by molar-refractivity contribution is -0.384. The molecule has 8 nitrogen and oxygen atoms in total. The zero-order chi connectivity index (χ0) is 22.1. The number of nitro benzene ring substituents is 1. The van der Waals surface area contributed by atoms with E-state index in [0.29, 0.717) is 6.42 Å². The number of allylic oxidation sites excluding steroid dienone is 2. The Kier molecular flexibility index (Phi) is 5.37. The third-order valence-electron chi connectivity index (χ3n) is 5.80. The minimum atomic E-state index is -0.645. The number of carbonyl (C=O) groups is 3. The van der Waals surface area contributed by atoms with Gasteiger partial charge in [0, 0.05) is 17.7 Å². The number of imide groups is 1.